The van der Waals surface area contributed by atoms with Crippen LogP contribution in [-0.2, 0) is 48.9 Å². The van der Waals surface area contributed by atoms with Crippen LogP contribution < -0.4 is 21.3 Å². The summed E-state index contributed by atoms with van der Waals surface area (Å²) in [5.74, 6) is -1.39. The quantitative estimate of drug-likeness (QED) is 0.124. The average molecular weight is 683 g/mol. The van der Waals surface area contributed by atoms with Crippen LogP contribution in [-0.4, -0.2) is 56.3 Å². The van der Waals surface area contributed by atoms with Gasteiger partial charge in [0.25, 0.3) is 0 Å². The molecular weight excluding hydrogens is 648 g/mol. The summed E-state index contributed by atoms with van der Waals surface area (Å²) in [6.07, 6.45) is 1.56. The van der Waals surface area contributed by atoms with E-state index in [1.54, 1.807) is 54.2 Å². The van der Waals surface area contributed by atoms with Gasteiger partial charge in [-0.1, -0.05) is 12.1 Å². The number of carbonyl (C=O) groups excluding carboxylic acids is 6. The fraction of sp³-hybridized carbons (Fsp3) is 0.206. The third-order valence-electron chi connectivity index (χ3n) is 6.52. The van der Waals surface area contributed by atoms with E-state index in [1.165, 1.54) is 52.0 Å². The molecule has 16 heteroatoms. The maximum Gasteiger partial charge on any atom is 0.355 e. The van der Waals surface area contributed by atoms with E-state index >= 15 is 0 Å². The minimum absolute atomic E-state index is 0.138. The zero-order valence-electron chi connectivity index (χ0n) is 27.8. The first-order valence-corrected chi connectivity index (χ1v) is 15.0. The van der Waals surface area contributed by atoms with Crippen molar-refractivity contribution in [2.24, 2.45) is 12.0 Å². The number of pyridine rings is 2. The third kappa shape index (κ3) is 10.7. The van der Waals surface area contributed by atoms with Crippen LogP contribution in [0, 0.1) is 0 Å². The highest BCUT2D eigenvalue weighted by atomic mass is 16.5. The molecule has 0 aliphatic rings. The van der Waals surface area contributed by atoms with E-state index in [1.807, 2.05) is 0 Å². The second kappa shape index (κ2) is 16.4. The summed E-state index contributed by atoms with van der Waals surface area (Å²) in [5.41, 5.74) is 2.18. The molecule has 0 aliphatic heterocycles. The van der Waals surface area contributed by atoms with Gasteiger partial charge in [0.2, 0.25) is 23.6 Å². The van der Waals surface area contributed by atoms with Crippen molar-refractivity contribution in [3.63, 3.8) is 0 Å². The molecule has 0 fully saturated rings. The van der Waals surface area contributed by atoms with Gasteiger partial charge in [0.15, 0.2) is 0 Å². The number of hydrogen-bond acceptors (Lipinski definition) is 11. The standard InChI is InChI=1S/C34H34N8O8/c1-19(43)36-28-12-24(13-29(40-28)37-20(2)44)17-49-33(47)26-8-6-23(7-9-26)16-35-32-11-10-27(42(32)5)34(48)50-18-25-14-30(38-21(3)45)41-31(15-25)39-22(4)46/h6-16H,17-18H2,1-5H3,(H2,36,37,40,43,44)(H2,38,39,41,45,46)/b35-16+. The van der Waals surface area contributed by atoms with Crippen molar-refractivity contribution < 1.29 is 38.2 Å². The molecule has 258 valence electrons. The van der Waals surface area contributed by atoms with Gasteiger partial charge in [0.05, 0.1) is 5.56 Å². The van der Waals surface area contributed by atoms with Crippen molar-refractivity contribution in [1.82, 2.24) is 14.5 Å². The third-order valence-corrected chi connectivity index (χ3v) is 6.52. The van der Waals surface area contributed by atoms with Crippen molar-refractivity contribution in [2.75, 3.05) is 21.3 Å². The number of aromatic nitrogens is 3. The van der Waals surface area contributed by atoms with E-state index in [0.717, 1.165) is 0 Å². The monoisotopic (exact) mass is 682 g/mol. The Kier molecular flexibility index (Phi) is 11.9. The van der Waals surface area contributed by atoms with Gasteiger partial charge in [-0.25, -0.2) is 24.5 Å². The number of nitrogens with zero attached hydrogens (tertiary/aromatic N) is 4. The Balaban J connectivity index is 1.36. The molecule has 3 heterocycles. The molecule has 0 atom stereocenters. The number of amides is 4. The lowest BCUT2D eigenvalue weighted by Crippen LogP contribution is -2.13. The van der Waals surface area contributed by atoms with Gasteiger partial charge in [-0.15, -0.1) is 0 Å². The number of aliphatic imine (C=N–C) groups is 1. The number of anilines is 4. The summed E-state index contributed by atoms with van der Waals surface area (Å²) in [4.78, 5) is 84.2. The Morgan fingerprint density at radius 1 is 0.640 bits per heavy atom. The largest absolute Gasteiger partial charge is 0.457 e. The van der Waals surface area contributed by atoms with Crippen molar-refractivity contribution >= 4 is 70.9 Å². The van der Waals surface area contributed by atoms with Gasteiger partial charge in [0, 0.05) is 41.0 Å². The van der Waals surface area contributed by atoms with E-state index in [0.29, 0.717) is 22.5 Å². The molecule has 0 spiro atoms. The lowest BCUT2D eigenvalue weighted by molar-refractivity contribution is -0.115. The van der Waals surface area contributed by atoms with Crippen LogP contribution in [0.2, 0.25) is 0 Å². The first kappa shape index (κ1) is 36.1. The summed E-state index contributed by atoms with van der Waals surface area (Å²) in [6.45, 7) is 4.99. The molecular formula is C34H34N8O8. The molecule has 0 unspecified atom stereocenters. The van der Waals surface area contributed by atoms with Crippen molar-refractivity contribution in [2.45, 2.75) is 40.9 Å². The normalized spacial score (nSPS) is 10.7. The van der Waals surface area contributed by atoms with Crippen LogP contribution in [0.25, 0.3) is 0 Å². The molecule has 0 saturated carbocycles. The van der Waals surface area contributed by atoms with E-state index in [2.05, 4.69) is 36.2 Å². The SMILES string of the molecule is CC(=O)Nc1cc(COC(=O)c2ccc(/C=N/c3ccc(C(=O)OCc4cc(NC(C)=O)nc(NC(C)=O)c4)n3C)cc2)cc(NC(C)=O)n1. The molecule has 3 aromatic heterocycles. The number of nitrogens with one attached hydrogen (secondary N) is 4. The summed E-state index contributed by atoms with van der Waals surface area (Å²) in [5, 5.41) is 10.2. The number of benzene rings is 1. The molecule has 4 amide bonds. The number of carbonyl (C=O) groups is 6. The molecule has 4 rings (SSSR count). The lowest BCUT2D eigenvalue weighted by atomic mass is 10.1. The van der Waals surface area contributed by atoms with Crippen LogP contribution in [0.1, 0.15) is 65.2 Å². The number of rotatable bonds is 12. The number of hydrogen-bond donors (Lipinski definition) is 4. The van der Waals surface area contributed by atoms with E-state index in [-0.39, 0.29) is 71.4 Å². The topological polar surface area (TPSA) is 212 Å². The Labute approximate surface area is 286 Å². The summed E-state index contributed by atoms with van der Waals surface area (Å²) in [6, 6.07) is 15.8. The second-order valence-corrected chi connectivity index (χ2v) is 10.9. The molecule has 0 radical (unpaired) electrons. The van der Waals surface area contributed by atoms with Crippen LogP contribution in [0.5, 0.6) is 0 Å². The molecule has 1 aromatic carbocycles. The molecule has 50 heavy (non-hydrogen) atoms. The average Bonchev–Trinajstić information content (AvgIpc) is 3.40. The molecule has 4 aromatic rings. The highest BCUT2D eigenvalue weighted by Gasteiger charge is 2.16. The fourth-order valence-electron chi connectivity index (χ4n) is 4.45. The van der Waals surface area contributed by atoms with E-state index in [9.17, 15) is 28.8 Å². The highest BCUT2D eigenvalue weighted by molar-refractivity contribution is 5.93. The molecule has 0 aliphatic carbocycles. The second-order valence-electron chi connectivity index (χ2n) is 10.9. The van der Waals surface area contributed by atoms with Gasteiger partial charge >= 0.3 is 11.9 Å². The minimum Gasteiger partial charge on any atom is -0.457 e. The molecule has 16 nitrogen and oxygen atoms in total. The van der Waals surface area contributed by atoms with Crippen molar-refractivity contribution in [1.29, 1.82) is 0 Å². The molecule has 4 N–H and O–H groups in total. The smallest absolute Gasteiger partial charge is 0.355 e. The first-order chi connectivity index (χ1) is 23.7. The van der Waals surface area contributed by atoms with E-state index in [4.69, 9.17) is 9.47 Å². The maximum atomic E-state index is 12.9. The number of ether oxygens (including phenoxy) is 2. The minimum atomic E-state index is -0.625. The van der Waals surface area contributed by atoms with Gasteiger partial charge in [-0.05, 0) is 65.2 Å². The lowest BCUT2D eigenvalue weighted by Gasteiger charge is -2.11. The maximum absolute atomic E-state index is 12.9. The highest BCUT2D eigenvalue weighted by Crippen LogP contribution is 2.20. The Bertz CT molecular complexity index is 1920. The van der Waals surface area contributed by atoms with E-state index < -0.39 is 11.9 Å². The fourth-order valence-corrected chi connectivity index (χ4v) is 4.45. The van der Waals surface area contributed by atoms with Gasteiger partial charge < -0.3 is 35.3 Å². The summed E-state index contributed by atoms with van der Waals surface area (Å²) < 4.78 is 12.4. The zero-order chi connectivity index (χ0) is 36.4. The first-order valence-electron chi connectivity index (χ1n) is 15.0. The van der Waals surface area contributed by atoms with Crippen LogP contribution in [0.3, 0.4) is 0 Å². The van der Waals surface area contributed by atoms with Crippen LogP contribution in [0.15, 0.2) is 65.7 Å². The predicted molar refractivity (Wildman–Crippen MR) is 183 cm³/mol. The van der Waals surface area contributed by atoms with Gasteiger partial charge in [-0.2, -0.15) is 0 Å². The molecule has 0 bridgehead atoms. The zero-order valence-corrected chi connectivity index (χ0v) is 27.8. The Morgan fingerprint density at radius 3 is 1.48 bits per heavy atom. The van der Waals surface area contributed by atoms with Crippen LogP contribution in [0.4, 0.5) is 29.1 Å². The Hall–Kier alpha value is -6.71. The van der Waals surface area contributed by atoms with Gasteiger partial charge in [0.1, 0.15) is 48.0 Å². The predicted octanol–water partition coefficient (Wildman–Crippen LogP) is 4.11. The van der Waals surface area contributed by atoms with Gasteiger partial charge in [-0.3, -0.25) is 19.2 Å². The summed E-state index contributed by atoms with van der Waals surface area (Å²) in [7, 11) is 1.65. The van der Waals surface area contributed by atoms with Crippen LogP contribution >= 0.6 is 0 Å². The Morgan fingerprint density at radius 2 is 1.06 bits per heavy atom. The molecule has 0 saturated heterocycles. The van der Waals surface area contributed by atoms with Crippen molar-refractivity contribution in [3.8, 4) is 0 Å². The summed E-state index contributed by atoms with van der Waals surface area (Å²) >= 11 is 0. The van der Waals surface area contributed by atoms with Crippen molar-refractivity contribution in [3.05, 3.63) is 88.6 Å². The number of esters is 2.